The molecule has 0 amide bonds. The lowest BCUT2D eigenvalue weighted by Gasteiger charge is -2.46. The summed E-state index contributed by atoms with van der Waals surface area (Å²) in [6, 6.07) is 9.12. The average Bonchev–Trinajstić information content (AvgIpc) is 3.27. The molecule has 0 bridgehead atoms. The summed E-state index contributed by atoms with van der Waals surface area (Å²) in [6.07, 6.45) is 9.06. The maximum atomic E-state index is 12.1. The summed E-state index contributed by atoms with van der Waals surface area (Å²) in [5.41, 5.74) is 6.81. The van der Waals surface area contributed by atoms with Crippen molar-refractivity contribution in [3.8, 4) is 11.8 Å². The molecule has 1 heterocycles. The zero-order chi connectivity index (χ0) is 21.4. The van der Waals surface area contributed by atoms with Crippen molar-refractivity contribution in [2.24, 2.45) is 11.8 Å². The molecule has 0 radical (unpaired) electrons. The molecule has 1 aromatic rings. The van der Waals surface area contributed by atoms with E-state index >= 15 is 0 Å². The van der Waals surface area contributed by atoms with Crippen LogP contribution in [0.25, 0.3) is 0 Å². The lowest BCUT2D eigenvalue weighted by molar-refractivity contribution is -0.114. The van der Waals surface area contributed by atoms with Gasteiger partial charge in [-0.15, -0.1) is 5.92 Å². The average molecular weight is 414 g/mol. The highest BCUT2D eigenvalue weighted by Crippen LogP contribution is 2.73. The Hall–Kier alpha value is -2.31. The fraction of sp³-hybridized carbons (Fsp3) is 0.536. The highest BCUT2D eigenvalue weighted by molar-refractivity contribution is 5.93. The fourth-order valence-corrected chi connectivity index (χ4v) is 7.40. The normalized spacial score (nSPS) is 37.6. The summed E-state index contributed by atoms with van der Waals surface area (Å²) >= 11 is 0. The number of carbonyl (C=O) groups is 1. The largest absolute Gasteiger partial charge is 0.378 e. The van der Waals surface area contributed by atoms with Crippen LogP contribution in [0.4, 0.5) is 5.69 Å². The molecule has 0 aromatic heterocycles. The van der Waals surface area contributed by atoms with Crippen LogP contribution in [-0.4, -0.2) is 31.1 Å². The molecule has 160 valence electrons. The highest BCUT2D eigenvalue weighted by Gasteiger charge is 2.79. The number of ketones is 1. The number of fused-ring (bicyclic) bond motifs is 3. The molecule has 6 rings (SSSR count). The number of anilines is 1. The molecule has 1 aliphatic heterocycles. The molecule has 0 N–H and O–H groups in total. The summed E-state index contributed by atoms with van der Waals surface area (Å²) in [4.78, 5) is 14.3. The third-order valence-electron chi connectivity index (χ3n) is 8.73. The number of carbonyl (C=O) groups excluding carboxylic acids is 1. The number of benzene rings is 1. The van der Waals surface area contributed by atoms with Gasteiger partial charge in [0, 0.05) is 32.1 Å². The highest BCUT2D eigenvalue weighted by atomic mass is 16.6. The number of epoxide rings is 1. The summed E-state index contributed by atoms with van der Waals surface area (Å²) in [5, 5.41) is 0. The molecule has 3 nitrogen and oxygen atoms in total. The van der Waals surface area contributed by atoms with Crippen LogP contribution in [-0.2, 0) is 9.53 Å². The summed E-state index contributed by atoms with van der Waals surface area (Å²) < 4.78 is 6.62. The van der Waals surface area contributed by atoms with Gasteiger partial charge in [0.2, 0.25) is 0 Å². The maximum absolute atomic E-state index is 12.1. The second-order valence-corrected chi connectivity index (χ2v) is 10.3. The van der Waals surface area contributed by atoms with Crippen LogP contribution in [0.2, 0.25) is 0 Å². The molecule has 1 spiro atoms. The Morgan fingerprint density at radius 1 is 1.10 bits per heavy atom. The minimum atomic E-state index is -0.205. The van der Waals surface area contributed by atoms with Gasteiger partial charge >= 0.3 is 0 Å². The first-order chi connectivity index (χ1) is 15.0. The Morgan fingerprint density at radius 2 is 1.90 bits per heavy atom. The van der Waals surface area contributed by atoms with Crippen molar-refractivity contribution in [2.75, 3.05) is 19.0 Å². The zero-order valence-electron chi connectivity index (χ0n) is 18.8. The molecule has 1 aromatic carbocycles. The van der Waals surface area contributed by atoms with Gasteiger partial charge in [-0.25, -0.2) is 0 Å². The predicted octanol–water partition coefficient (Wildman–Crippen LogP) is 5.18. The van der Waals surface area contributed by atoms with E-state index in [2.05, 4.69) is 55.1 Å². The quantitative estimate of drug-likeness (QED) is 0.495. The van der Waals surface area contributed by atoms with E-state index in [4.69, 9.17) is 4.74 Å². The molecule has 5 atom stereocenters. The number of hydrogen-bond acceptors (Lipinski definition) is 3. The SMILES string of the molecule is CC#C[C@]12CC[C@H]3[C@@H]4CCC5=CC(=O)CCC5=C4[C@@H](c4ccc(N(C)C)cc4)C[C@@]31O2. The number of allylic oxidation sites excluding steroid dienone is 4. The molecule has 1 saturated heterocycles. The van der Waals surface area contributed by atoms with Crippen LogP contribution in [0, 0.1) is 23.7 Å². The van der Waals surface area contributed by atoms with E-state index in [-0.39, 0.29) is 11.2 Å². The van der Waals surface area contributed by atoms with Gasteiger partial charge in [0.05, 0.1) is 0 Å². The van der Waals surface area contributed by atoms with E-state index < -0.39 is 0 Å². The van der Waals surface area contributed by atoms with Crippen LogP contribution >= 0.6 is 0 Å². The standard InChI is InChI=1S/C28H31NO2/c1-4-14-27-15-13-25-23-11-7-19-16-21(30)10-12-22(19)26(23)24(17-28(25,27)31-27)18-5-8-20(9-6-18)29(2)3/h5-6,8-9,16,23-25H,7,10-13,15,17H2,1-3H3/t23-,24+,25-,27-,28+/m0/s1. The second kappa shape index (κ2) is 6.59. The number of ether oxygens (including phenoxy) is 1. The smallest absolute Gasteiger partial charge is 0.158 e. The van der Waals surface area contributed by atoms with Crippen LogP contribution in [0.15, 0.2) is 47.1 Å². The topological polar surface area (TPSA) is 32.8 Å². The van der Waals surface area contributed by atoms with Gasteiger partial charge in [0.25, 0.3) is 0 Å². The molecule has 3 heteroatoms. The van der Waals surface area contributed by atoms with Crippen molar-refractivity contribution >= 4 is 11.5 Å². The van der Waals surface area contributed by atoms with Gasteiger partial charge < -0.3 is 9.64 Å². The number of nitrogens with zero attached hydrogens (tertiary/aromatic N) is 1. The van der Waals surface area contributed by atoms with Crippen molar-refractivity contribution in [3.63, 3.8) is 0 Å². The monoisotopic (exact) mass is 413 g/mol. The van der Waals surface area contributed by atoms with Gasteiger partial charge in [-0.05, 0) is 92.2 Å². The van der Waals surface area contributed by atoms with Crippen molar-refractivity contribution < 1.29 is 9.53 Å². The zero-order valence-corrected chi connectivity index (χ0v) is 18.8. The van der Waals surface area contributed by atoms with Crippen molar-refractivity contribution in [1.82, 2.24) is 0 Å². The van der Waals surface area contributed by atoms with Crippen molar-refractivity contribution in [1.29, 1.82) is 0 Å². The Balaban J connectivity index is 1.49. The summed E-state index contributed by atoms with van der Waals surface area (Å²) in [7, 11) is 4.18. The lowest BCUT2D eigenvalue weighted by Crippen LogP contribution is -2.42. The summed E-state index contributed by atoms with van der Waals surface area (Å²) in [5.74, 6) is 8.48. The fourth-order valence-electron chi connectivity index (χ4n) is 7.40. The molecule has 0 unspecified atom stereocenters. The third kappa shape index (κ3) is 2.61. The second-order valence-electron chi connectivity index (χ2n) is 10.3. The molecule has 3 fully saturated rings. The lowest BCUT2D eigenvalue weighted by atomic mass is 9.57. The molecular weight excluding hydrogens is 382 g/mol. The Morgan fingerprint density at radius 3 is 2.65 bits per heavy atom. The van der Waals surface area contributed by atoms with Gasteiger partial charge in [0.1, 0.15) is 5.60 Å². The van der Waals surface area contributed by atoms with Crippen LogP contribution in [0.1, 0.15) is 63.4 Å². The molecule has 2 saturated carbocycles. The van der Waals surface area contributed by atoms with Crippen molar-refractivity contribution in [3.05, 3.63) is 52.6 Å². The first kappa shape index (κ1) is 19.4. The predicted molar refractivity (Wildman–Crippen MR) is 123 cm³/mol. The van der Waals surface area contributed by atoms with E-state index in [0.717, 1.165) is 32.1 Å². The van der Waals surface area contributed by atoms with E-state index in [1.807, 2.05) is 13.0 Å². The van der Waals surface area contributed by atoms with Gasteiger partial charge in [-0.3, -0.25) is 4.79 Å². The minimum absolute atomic E-state index is 0.0681. The van der Waals surface area contributed by atoms with E-state index in [0.29, 0.717) is 30.0 Å². The van der Waals surface area contributed by atoms with Crippen LogP contribution < -0.4 is 4.90 Å². The minimum Gasteiger partial charge on any atom is -0.378 e. The van der Waals surface area contributed by atoms with E-state index in [9.17, 15) is 4.79 Å². The number of rotatable bonds is 2. The van der Waals surface area contributed by atoms with Crippen LogP contribution in [0.3, 0.4) is 0 Å². The molecule has 5 aliphatic rings. The molecule has 4 aliphatic carbocycles. The Kier molecular flexibility index (Phi) is 4.12. The number of hydrogen-bond donors (Lipinski definition) is 0. The van der Waals surface area contributed by atoms with Gasteiger partial charge in [-0.2, -0.15) is 0 Å². The molecular formula is C28H31NO2. The van der Waals surface area contributed by atoms with Gasteiger partial charge in [-0.1, -0.05) is 23.6 Å². The third-order valence-corrected chi connectivity index (χ3v) is 8.73. The van der Waals surface area contributed by atoms with Crippen molar-refractivity contribution in [2.45, 2.75) is 69.0 Å². The van der Waals surface area contributed by atoms with E-state index in [1.165, 1.54) is 28.8 Å². The van der Waals surface area contributed by atoms with Gasteiger partial charge in [0.15, 0.2) is 11.4 Å². The first-order valence-corrected chi connectivity index (χ1v) is 11.9. The maximum Gasteiger partial charge on any atom is 0.158 e. The summed E-state index contributed by atoms with van der Waals surface area (Å²) in [6.45, 7) is 1.95. The Bertz CT molecular complexity index is 1080. The van der Waals surface area contributed by atoms with Crippen LogP contribution in [0.5, 0.6) is 0 Å². The molecule has 31 heavy (non-hydrogen) atoms. The first-order valence-electron chi connectivity index (χ1n) is 11.9. The van der Waals surface area contributed by atoms with E-state index in [1.54, 1.807) is 5.57 Å². The Labute approximate surface area is 185 Å².